The van der Waals surface area contributed by atoms with Crippen molar-refractivity contribution in [1.82, 2.24) is 0 Å². The van der Waals surface area contributed by atoms with E-state index in [0.29, 0.717) is 18.8 Å². The summed E-state index contributed by atoms with van der Waals surface area (Å²) in [5.74, 6) is 12.9. The van der Waals surface area contributed by atoms with Crippen LogP contribution in [0, 0.1) is 47.9 Å². The van der Waals surface area contributed by atoms with Gasteiger partial charge in [-0.1, -0.05) is 23.7 Å². The van der Waals surface area contributed by atoms with E-state index in [2.05, 4.69) is 30.1 Å². The van der Waals surface area contributed by atoms with Crippen LogP contribution in [-0.2, 0) is 23.7 Å². The summed E-state index contributed by atoms with van der Waals surface area (Å²) in [6.45, 7) is 0.309. The molecule has 4 aliphatic rings. The van der Waals surface area contributed by atoms with Gasteiger partial charge in [0.25, 0.3) is 0 Å². The van der Waals surface area contributed by atoms with Crippen LogP contribution in [0.2, 0.25) is 0 Å². The normalized spacial score (nSPS) is 37.9. The van der Waals surface area contributed by atoms with Gasteiger partial charge in [0.05, 0.1) is 5.92 Å². The first-order chi connectivity index (χ1) is 14.2. The summed E-state index contributed by atoms with van der Waals surface area (Å²) in [7, 11) is 0. The Morgan fingerprint density at radius 1 is 0.724 bits per heavy atom. The molecule has 0 amide bonds. The van der Waals surface area contributed by atoms with Gasteiger partial charge in [-0.2, -0.15) is 0 Å². The molecule has 6 heteroatoms. The molecule has 4 atom stereocenters. The largest absolute Gasteiger partial charge is 0.481 e. The quantitative estimate of drug-likeness (QED) is 0.681. The molecule has 0 bridgehead atoms. The van der Waals surface area contributed by atoms with E-state index >= 15 is 0 Å². The minimum absolute atomic E-state index is 0.148. The number of fused-ring (bicyclic) bond motifs is 1. The number of carboxylic acids is 1. The SMILES string of the molecule is O=C(O)C1CCC(C#CC2OCOC3C(C#CC4CC[CH]CC4)OCOC23)CC1. The number of ether oxygens (including phenoxy) is 4. The molecule has 2 heterocycles. The van der Waals surface area contributed by atoms with Gasteiger partial charge in [-0.25, -0.2) is 0 Å². The summed E-state index contributed by atoms with van der Waals surface area (Å²) in [5.41, 5.74) is 0. The maximum absolute atomic E-state index is 11.1. The molecule has 0 aromatic carbocycles. The molecule has 0 aromatic rings. The van der Waals surface area contributed by atoms with Gasteiger partial charge in [0.1, 0.15) is 38.0 Å². The Labute approximate surface area is 172 Å². The van der Waals surface area contributed by atoms with E-state index < -0.39 is 5.97 Å². The van der Waals surface area contributed by atoms with Crippen molar-refractivity contribution in [3.8, 4) is 23.7 Å². The predicted molar refractivity (Wildman–Crippen MR) is 104 cm³/mol. The van der Waals surface area contributed by atoms with Crippen molar-refractivity contribution in [2.75, 3.05) is 13.6 Å². The van der Waals surface area contributed by atoms with E-state index in [0.717, 1.165) is 38.5 Å². The fourth-order valence-electron chi connectivity index (χ4n) is 4.48. The summed E-state index contributed by atoms with van der Waals surface area (Å²) in [5, 5.41) is 9.13. The lowest BCUT2D eigenvalue weighted by Crippen LogP contribution is -2.56. The van der Waals surface area contributed by atoms with Crippen LogP contribution in [0.5, 0.6) is 0 Å². The standard InChI is InChI=1S/C23H29O6/c24-23(25)18-10-6-17(7-11-18)9-13-20-22-21(28-15-27-20)19(26-14-29-22)12-8-16-4-2-1-3-5-16/h1,16-22H,2-7,10-11,14-15H2,(H,24,25). The Morgan fingerprint density at radius 2 is 1.24 bits per heavy atom. The summed E-state index contributed by atoms with van der Waals surface area (Å²) in [6.07, 6.45) is 8.54. The van der Waals surface area contributed by atoms with Gasteiger partial charge < -0.3 is 24.1 Å². The highest BCUT2D eigenvalue weighted by Crippen LogP contribution is 2.30. The van der Waals surface area contributed by atoms with E-state index in [1.807, 2.05) is 0 Å². The van der Waals surface area contributed by atoms with Gasteiger partial charge >= 0.3 is 5.97 Å². The topological polar surface area (TPSA) is 74.2 Å². The first-order valence-corrected chi connectivity index (χ1v) is 10.7. The van der Waals surface area contributed by atoms with Crippen molar-refractivity contribution in [3.05, 3.63) is 6.42 Å². The number of hydrogen-bond donors (Lipinski definition) is 1. The van der Waals surface area contributed by atoms with Crippen molar-refractivity contribution in [2.45, 2.75) is 75.8 Å². The molecule has 2 aliphatic heterocycles. The Hall–Kier alpha value is -1.57. The predicted octanol–water partition coefficient (Wildman–Crippen LogP) is 2.76. The van der Waals surface area contributed by atoms with Crippen LogP contribution in [0.1, 0.15) is 51.4 Å². The van der Waals surface area contributed by atoms with Crippen LogP contribution in [0.3, 0.4) is 0 Å². The van der Waals surface area contributed by atoms with Crippen LogP contribution < -0.4 is 0 Å². The zero-order valence-corrected chi connectivity index (χ0v) is 16.7. The molecule has 4 rings (SSSR count). The van der Waals surface area contributed by atoms with Crippen LogP contribution in [0.25, 0.3) is 0 Å². The molecule has 0 spiro atoms. The van der Waals surface area contributed by atoms with E-state index in [1.54, 1.807) is 0 Å². The summed E-state index contributed by atoms with van der Waals surface area (Å²) < 4.78 is 23.0. The maximum atomic E-state index is 11.1. The Bertz CT molecular complexity index is 684. The molecule has 157 valence electrons. The number of carboxylic acid groups (broad SMARTS) is 1. The van der Waals surface area contributed by atoms with Gasteiger partial charge in [-0.15, -0.1) is 0 Å². The fraction of sp³-hybridized carbons (Fsp3) is 0.739. The molecule has 2 aliphatic carbocycles. The van der Waals surface area contributed by atoms with E-state index in [9.17, 15) is 4.79 Å². The number of aliphatic carboxylic acids is 1. The van der Waals surface area contributed by atoms with Crippen molar-refractivity contribution in [3.63, 3.8) is 0 Å². The molecule has 4 fully saturated rings. The second-order valence-electron chi connectivity index (χ2n) is 8.28. The molecule has 1 N–H and O–H groups in total. The average molecular weight is 401 g/mol. The van der Waals surface area contributed by atoms with Crippen molar-refractivity contribution in [2.24, 2.45) is 17.8 Å². The van der Waals surface area contributed by atoms with E-state index in [4.69, 9.17) is 24.1 Å². The molecule has 1 radical (unpaired) electrons. The van der Waals surface area contributed by atoms with Crippen LogP contribution in [0.4, 0.5) is 0 Å². The minimum atomic E-state index is -0.693. The van der Waals surface area contributed by atoms with Gasteiger partial charge in [-0.05, 0) is 57.8 Å². The summed E-state index contributed by atoms with van der Waals surface area (Å²) in [6, 6.07) is 0. The molecule has 0 aromatic heterocycles. The highest BCUT2D eigenvalue weighted by molar-refractivity contribution is 5.70. The van der Waals surface area contributed by atoms with Crippen molar-refractivity contribution < 1.29 is 28.8 Å². The van der Waals surface area contributed by atoms with Crippen molar-refractivity contribution >= 4 is 5.97 Å². The van der Waals surface area contributed by atoms with E-state index in [1.165, 1.54) is 0 Å². The average Bonchev–Trinajstić information content (AvgIpc) is 2.77. The zero-order valence-electron chi connectivity index (χ0n) is 16.7. The summed E-state index contributed by atoms with van der Waals surface area (Å²) >= 11 is 0. The van der Waals surface area contributed by atoms with Gasteiger partial charge in [0, 0.05) is 11.8 Å². The Balaban J connectivity index is 1.36. The highest BCUT2D eigenvalue weighted by Gasteiger charge is 2.43. The Morgan fingerprint density at radius 3 is 1.76 bits per heavy atom. The van der Waals surface area contributed by atoms with Crippen LogP contribution in [-0.4, -0.2) is 49.1 Å². The highest BCUT2D eigenvalue weighted by atomic mass is 16.8. The lowest BCUT2D eigenvalue weighted by atomic mass is 9.82. The minimum Gasteiger partial charge on any atom is -0.481 e. The lowest BCUT2D eigenvalue weighted by molar-refractivity contribution is -0.303. The third kappa shape index (κ3) is 5.32. The fourth-order valence-corrected chi connectivity index (χ4v) is 4.48. The monoisotopic (exact) mass is 401 g/mol. The lowest BCUT2D eigenvalue weighted by Gasteiger charge is -2.41. The second kappa shape index (κ2) is 9.96. The maximum Gasteiger partial charge on any atom is 0.306 e. The molecule has 6 nitrogen and oxygen atoms in total. The molecule has 2 saturated carbocycles. The smallest absolute Gasteiger partial charge is 0.306 e. The molecule has 2 saturated heterocycles. The van der Waals surface area contributed by atoms with E-state index in [-0.39, 0.29) is 49.8 Å². The number of rotatable bonds is 1. The van der Waals surface area contributed by atoms with Crippen LogP contribution >= 0.6 is 0 Å². The zero-order chi connectivity index (χ0) is 20.1. The van der Waals surface area contributed by atoms with Gasteiger partial charge in [-0.3, -0.25) is 4.79 Å². The van der Waals surface area contributed by atoms with Crippen molar-refractivity contribution in [1.29, 1.82) is 0 Å². The van der Waals surface area contributed by atoms with Crippen LogP contribution in [0.15, 0.2) is 0 Å². The van der Waals surface area contributed by atoms with Gasteiger partial charge in [0.2, 0.25) is 0 Å². The number of hydrogen-bond acceptors (Lipinski definition) is 5. The number of carbonyl (C=O) groups is 1. The second-order valence-corrected chi connectivity index (χ2v) is 8.28. The third-order valence-corrected chi connectivity index (χ3v) is 6.31. The van der Waals surface area contributed by atoms with Gasteiger partial charge in [0.15, 0.2) is 0 Å². The molecule has 4 unspecified atom stereocenters. The first kappa shape index (κ1) is 20.7. The Kier molecular flexibility index (Phi) is 7.11. The molecular weight excluding hydrogens is 372 g/mol. The third-order valence-electron chi connectivity index (χ3n) is 6.31. The molecular formula is C23H29O6. The summed E-state index contributed by atoms with van der Waals surface area (Å²) in [4.78, 5) is 11.1. The molecule has 29 heavy (non-hydrogen) atoms. The first-order valence-electron chi connectivity index (χ1n) is 10.7.